The molecular formula is C13H16N2S. The zero-order valence-electron chi connectivity index (χ0n) is 9.60. The minimum Gasteiger partial charge on any atom is -0.363 e. The molecule has 1 atom stereocenters. The summed E-state index contributed by atoms with van der Waals surface area (Å²) in [5.41, 5.74) is 0. The van der Waals surface area contributed by atoms with Crippen molar-refractivity contribution in [2.45, 2.75) is 26.3 Å². The van der Waals surface area contributed by atoms with Crippen LogP contribution in [0.4, 0.5) is 5.82 Å². The minimum atomic E-state index is 0.320. The van der Waals surface area contributed by atoms with Crippen LogP contribution in [0.25, 0.3) is 0 Å². The Kier molecular flexibility index (Phi) is 3.57. The van der Waals surface area contributed by atoms with E-state index in [1.165, 1.54) is 9.75 Å². The number of hydrogen-bond donors (Lipinski definition) is 1. The van der Waals surface area contributed by atoms with E-state index >= 15 is 0 Å². The van der Waals surface area contributed by atoms with Gasteiger partial charge in [-0.05, 0) is 37.6 Å². The first-order chi connectivity index (χ1) is 7.79. The smallest absolute Gasteiger partial charge is 0.126 e. The Hall–Kier alpha value is -1.35. The first kappa shape index (κ1) is 11.1. The molecule has 2 rings (SSSR count). The second kappa shape index (κ2) is 5.12. The topological polar surface area (TPSA) is 24.9 Å². The molecular weight excluding hydrogens is 216 g/mol. The number of aromatic nitrogens is 1. The molecule has 1 unspecified atom stereocenters. The number of aryl methyl sites for hydroxylation is 1. The quantitative estimate of drug-likeness (QED) is 0.865. The molecule has 0 aliphatic heterocycles. The van der Waals surface area contributed by atoms with Crippen molar-refractivity contribution in [2.75, 3.05) is 5.32 Å². The van der Waals surface area contributed by atoms with Crippen LogP contribution >= 0.6 is 11.3 Å². The predicted octanol–water partition coefficient (Wildman–Crippen LogP) is 3.88. The maximum atomic E-state index is 4.26. The Bertz CT molecular complexity index is 436. The SMILES string of the molecule is CCc1ccc(C(C)Nc2ccccn2)s1. The van der Waals surface area contributed by atoms with Crippen molar-refractivity contribution in [1.29, 1.82) is 0 Å². The first-order valence-electron chi connectivity index (χ1n) is 5.55. The van der Waals surface area contributed by atoms with Gasteiger partial charge in [-0.3, -0.25) is 0 Å². The molecule has 2 aromatic rings. The summed E-state index contributed by atoms with van der Waals surface area (Å²) in [6.07, 6.45) is 2.92. The summed E-state index contributed by atoms with van der Waals surface area (Å²) in [5.74, 6) is 0.932. The average Bonchev–Trinajstić information content (AvgIpc) is 2.79. The molecule has 2 heterocycles. The maximum absolute atomic E-state index is 4.26. The van der Waals surface area contributed by atoms with Gasteiger partial charge in [0, 0.05) is 16.0 Å². The molecule has 16 heavy (non-hydrogen) atoms. The van der Waals surface area contributed by atoms with Crippen molar-refractivity contribution < 1.29 is 0 Å². The van der Waals surface area contributed by atoms with Gasteiger partial charge in [-0.1, -0.05) is 13.0 Å². The van der Waals surface area contributed by atoms with Crippen LogP contribution in [0, 0.1) is 0 Å². The zero-order chi connectivity index (χ0) is 11.4. The molecule has 2 nitrogen and oxygen atoms in total. The van der Waals surface area contributed by atoms with Gasteiger partial charge in [0.15, 0.2) is 0 Å². The number of hydrogen-bond acceptors (Lipinski definition) is 3. The summed E-state index contributed by atoms with van der Waals surface area (Å²) in [6.45, 7) is 4.35. The second-order valence-corrected chi connectivity index (χ2v) is 4.94. The van der Waals surface area contributed by atoms with Gasteiger partial charge in [-0.25, -0.2) is 4.98 Å². The highest BCUT2D eigenvalue weighted by molar-refractivity contribution is 7.12. The molecule has 0 aliphatic carbocycles. The van der Waals surface area contributed by atoms with Crippen LogP contribution < -0.4 is 5.32 Å². The molecule has 0 aliphatic rings. The van der Waals surface area contributed by atoms with Crippen molar-refractivity contribution in [2.24, 2.45) is 0 Å². The number of nitrogens with zero attached hydrogens (tertiary/aromatic N) is 1. The molecule has 2 aromatic heterocycles. The van der Waals surface area contributed by atoms with Gasteiger partial charge in [0.2, 0.25) is 0 Å². The van der Waals surface area contributed by atoms with E-state index in [0.717, 1.165) is 12.2 Å². The normalized spacial score (nSPS) is 12.4. The van der Waals surface area contributed by atoms with E-state index in [-0.39, 0.29) is 0 Å². The van der Waals surface area contributed by atoms with Gasteiger partial charge in [0.25, 0.3) is 0 Å². The molecule has 1 N–H and O–H groups in total. The van der Waals surface area contributed by atoms with Gasteiger partial charge in [0.1, 0.15) is 5.82 Å². The standard InChI is InChI=1S/C13H16N2S/c1-3-11-7-8-12(16-11)10(2)15-13-6-4-5-9-14-13/h4-10H,3H2,1-2H3,(H,14,15). The number of rotatable bonds is 4. The fourth-order valence-electron chi connectivity index (χ4n) is 1.56. The van der Waals surface area contributed by atoms with E-state index in [4.69, 9.17) is 0 Å². The van der Waals surface area contributed by atoms with Gasteiger partial charge < -0.3 is 5.32 Å². The Morgan fingerprint density at radius 3 is 2.81 bits per heavy atom. The number of nitrogens with one attached hydrogen (secondary N) is 1. The summed E-state index contributed by atoms with van der Waals surface area (Å²) in [6, 6.07) is 10.6. The fourth-order valence-corrected chi connectivity index (χ4v) is 2.51. The first-order valence-corrected chi connectivity index (χ1v) is 6.37. The van der Waals surface area contributed by atoms with Crippen molar-refractivity contribution in [1.82, 2.24) is 4.98 Å². The van der Waals surface area contributed by atoms with Crippen LogP contribution in [-0.4, -0.2) is 4.98 Å². The van der Waals surface area contributed by atoms with E-state index in [2.05, 4.69) is 36.3 Å². The van der Waals surface area contributed by atoms with Gasteiger partial charge in [0.05, 0.1) is 6.04 Å². The lowest BCUT2D eigenvalue weighted by Gasteiger charge is -2.12. The number of thiophene rings is 1. The van der Waals surface area contributed by atoms with Gasteiger partial charge in [-0.15, -0.1) is 11.3 Å². The Balaban J connectivity index is 2.05. The lowest BCUT2D eigenvalue weighted by molar-refractivity contribution is 0.896. The lowest BCUT2D eigenvalue weighted by Crippen LogP contribution is -2.05. The lowest BCUT2D eigenvalue weighted by atomic mass is 10.2. The third-order valence-electron chi connectivity index (χ3n) is 2.49. The summed E-state index contributed by atoms with van der Waals surface area (Å²) < 4.78 is 0. The highest BCUT2D eigenvalue weighted by Gasteiger charge is 2.08. The monoisotopic (exact) mass is 232 g/mol. The summed E-state index contributed by atoms with van der Waals surface area (Å²) in [5, 5.41) is 3.39. The average molecular weight is 232 g/mol. The number of anilines is 1. The Morgan fingerprint density at radius 1 is 1.31 bits per heavy atom. The molecule has 84 valence electrons. The molecule has 0 amide bonds. The summed E-state index contributed by atoms with van der Waals surface area (Å²) in [4.78, 5) is 7.06. The molecule has 0 saturated carbocycles. The number of pyridine rings is 1. The van der Waals surface area contributed by atoms with E-state index in [1.807, 2.05) is 29.5 Å². The maximum Gasteiger partial charge on any atom is 0.126 e. The van der Waals surface area contributed by atoms with E-state index < -0.39 is 0 Å². The molecule has 0 fully saturated rings. The Labute approximate surface area is 100 Å². The third-order valence-corrected chi connectivity index (χ3v) is 3.90. The highest BCUT2D eigenvalue weighted by atomic mass is 32.1. The third kappa shape index (κ3) is 2.61. The molecule has 0 radical (unpaired) electrons. The molecule has 0 saturated heterocycles. The van der Waals surface area contributed by atoms with E-state index in [9.17, 15) is 0 Å². The van der Waals surface area contributed by atoms with Crippen molar-refractivity contribution >= 4 is 17.2 Å². The second-order valence-electron chi connectivity index (χ2n) is 3.74. The fraction of sp³-hybridized carbons (Fsp3) is 0.308. The summed E-state index contributed by atoms with van der Waals surface area (Å²) >= 11 is 1.87. The largest absolute Gasteiger partial charge is 0.363 e. The molecule has 0 aromatic carbocycles. The molecule has 0 bridgehead atoms. The summed E-state index contributed by atoms with van der Waals surface area (Å²) in [7, 11) is 0. The van der Waals surface area contributed by atoms with Crippen LogP contribution in [0.1, 0.15) is 29.6 Å². The zero-order valence-corrected chi connectivity index (χ0v) is 10.4. The van der Waals surface area contributed by atoms with Crippen LogP contribution in [-0.2, 0) is 6.42 Å². The van der Waals surface area contributed by atoms with Crippen molar-refractivity contribution in [3.05, 3.63) is 46.3 Å². The van der Waals surface area contributed by atoms with Crippen LogP contribution in [0.3, 0.4) is 0 Å². The molecule has 3 heteroatoms. The van der Waals surface area contributed by atoms with E-state index in [1.54, 1.807) is 6.20 Å². The highest BCUT2D eigenvalue weighted by Crippen LogP contribution is 2.25. The van der Waals surface area contributed by atoms with E-state index in [0.29, 0.717) is 6.04 Å². The van der Waals surface area contributed by atoms with Crippen molar-refractivity contribution in [3.8, 4) is 0 Å². The Morgan fingerprint density at radius 2 is 2.19 bits per heavy atom. The minimum absolute atomic E-state index is 0.320. The molecule has 0 spiro atoms. The van der Waals surface area contributed by atoms with Crippen molar-refractivity contribution in [3.63, 3.8) is 0 Å². The van der Waals surface area contributed by atoms with Crippen LogP contribution in [0.2, 0.25) is 0 Å². The van der Waals surface area contributed by atoms with Crippen LogP contribution in [0.5, 0.6) is 0 Å². The van der Waals surface area contributed by atoms with Gasteiger partial charge in [-0.2, -0.15) is 0 Å². The predicted molar refractivity (Wildman–Crippen MR) is 70.0 cm³/mol. The van der Waals surface area contributed by atoms with Gasteiger partial charge >= 0.3 is 0 Å². The van der Waals surface area contributed by atoms with Crippen LogP contribution in [0.15, 0.2) is 36.5 Å².